The van der Waals surface area contributed by atoms with Gasteiger partial charge < -0.3 is 9.63 Å². The van der Waals surface area contributed by atoms with Gasteiger partial charge in [-0.05, 0) is 48.2 Å². The molecule has 2 aromatic heterocycles. The maximum absolute atomic E-state index is 9.23. The van der Waals surface area contributed by atoms with Gasteiger partial charge in [0.1, 0.15) is 5.75 Å². The van der Waals surface area contributed by atoms with Crippen LogP contribution in [0.25, 0.3) is 22.2 Å². The van der Waals surface area contributed by atoms with E-state index in [9.17, 15) is 5.11 Å². The number of phenolic OH excluding ortho intramolecular Hbond substituents is 1. The Morgan fingerprint density at radius 2 is 1.94 bits per heavy atom. The number of aryl methyl sites for hydroxylation is 1. The van der Waals surface area contributed by atoms with Crippen molar-refractivity contribution in [3.63, 3.8) is 0 Å². The molecule has 90 valence electrons. The summed E-state index contributed by atoms with van der Waals surface area (Å²) < 4.78 is 5.26. The largest absolute Gasteiger partial charge is 0.508 e. The van der Waals surface area contributed by atoms with Crippen LogP contribution in [0.1, 0.15) is 5.56 Å². The molecule has 0 saturated heterocycles. The Kier molecular flexibility index (Phi) is 2.60. The number of phenols is 1. The predicted molar refractivity (Wildman–Crippen MR) is 69.4 cm³/mol. The van der Waals surface area contributed by atoms with Gasteiger partial charge in [-0.2, -0.15) is 4.98 Å². The monoisotopic (exact) mass is 258 g/mol. The van der Waals surface area contributed by atoms with Crippen LogP contribution in [0, 0.1) is 6.92 Å². The lowest BCUT2D eigenvalue weighted by molar-refractivity contribution is 0.433. The second-order valence-corrected chi connectivity index (χ2v) is 4.82. The highest BCUT2D eigenvalue weighted by Crippen LogP contribution is 2.29. The van der Waals surface area contributed by atoms with E-state index in [-0.39, 0.29) is 5.75 Å². The maximum atomic E-state index is 9.23. The Hall–Kier alpha value is -2.14. The molecule has 0 saturated carbocycles. The normalized spacial score (nSPS) is 10.7. The number of rotatable bonds is 2. The first-order chi connectivity index (χ1) is 8.74. The Bertz CT molecular complexity index is 670. The number of benzene rings is 1. The van der Waals surface area contributed by atoms with Crippen LogP contribution in [0.3, 0.4) is 0 Å². The molecule has 5 heteroatoms. The van der Waals surface area contributed by atoms with Crippen molar-refractivity contribution in [2.24, 2.45) is 0 Å². The molecule has 3 aromatic rings. The number of aromatic nitrogens is 2. The summed E-state index contributed by atoms with van der Waals surface area (Å²) >= 11 is 1.58. The molecular formula is C13H10N2O2S. The average Bonchev–Trinajstić information content (AvgIpc) is 2.98. The average molecular weight is 258 g/mol. The van der Waals surface area contributed by atoms with Gasteiger partial charge in [0.2, 0.25) is 5.82 Å². The molecule has 1 N–H and O–H groups in total. The van der Waals surface area contributed by atoms with Crippen LogP contribution in [0.5, 0.6) is 5.75 Å². The summed E-state index contributed by atoms with van der Waals surface area (Å²) in [6.07, 6.45) is 0. The lowest BCUT2D eigenvalue weighted by Gasteiger charge is -1.93. The van der Waals surface area contributed by atoms with Crippen molar-refractivity contribution in [3.8, 4) is 27.9 Å². The fourth-order valence-corrected chi connectivity index (χ4v) is 2.48. The van der Waals surface area contributed by atoms with Crippen molar-refractivity contribution in [1.82, 2.24) is 10.1 Å². The molecule has 0 fully saturated rings. The highest BCUT2D eigenvalue weighted by Gasteiger charge is 2.13. The van der Waals surface area contributed by atoms with Crippen LogP contribution in [0.2, 0.25) is 0 Å². The van der Waals surface area contributed by atoms with E-state index >= 15 is 0 Å². The fraction of sp³-hybridized carbons (Fsp3) is 0.0769. The van der Waals surface area contributed by atoms with E-state index in [0.717, 1.165) is 16.0 Å². The van der Waals surface area contributed by atoms with Crippen LogP contribution in [-0.4, -0.2) is 15.2 Å². The van der Waals surface area contributed by atoms with Gasteiger partial charge in [0.05, 0.1) is 4.88 Å². The van der Waals surface area contributed by atoms with Crippen molar-refractivity contribution >= 4 is 11.3 Å². The third-order valence-corrected chi connectivity index (χ3v) is 3.61. The fourth-order valence-electron chi connectivity index (χ4n) is 1.64. The van der Waals surface area contributed by atoms with Gasteiger partial charge in [-0.1, -0.05) is 5.16 Å². The summed E-state index contributed by atoms with van der Waals surface area (Å²) in [5, 5.41) is 15.2. The van der Waals surface area contributed by atoms with Crippen LogP contribution < -0.4 is 0 Å². The van der Waals surface area contributed by atoms with Crippen LogP contribution in [-0.2, 0) is 0 Å². The lowest BCUT2D eigenvalue weighted by atomic mass is 10.2. The zero-order valence-electron chi connectivity index (χ0n) is 9.62. The van der Waals surface area contributed by atoms with E-state index in [2.05, 4.69) is 10.1 Å². The van der Waals surface area contributed by atoms with Crippen LogP contribution >= 0.6 is 11.3 Å². The topological polar surface area (TPSA) is 59.2 Å². The molecule has 1 aromatic carbocycles. The second-order valence-electron chi connectivity index (χ2n) is 3.90. The number of hydrogen-bond donors (Lipinski definition) is 1. The lowest BCUT2D eigenvalue weighted by Crippen LogP contribution is -1.80. The SMILES string of the molecule is Cc1ccsc1-c1nc(-c2ccc(O)cc2)no1. The van der Waals surface area contributed by atoms with E-state index in [1.165, 1.54) is 0 Å². The van der Waals surface area contributed by atoms with Gasteiger partial charge in [0, 0.05) is 5.56 Å². The summed E-state index contributed by atoms with van der Waals surface area (Å²) in [4.78, 5) is 5.36. The molecule has 0 aliphatic heterocycles. The molecule has 4 nitrogen and oxygen atoms in total. The van der Waals surface area contributed by atoms with Crippen molar-refractivity contribution in [2.75, 3.05) is 0 Å². The molecule has 0 unspecified atom stereocenters. The smallest absolute Gasteiger partial charge is 0.268 e. The minimum absolute atomic E-state index is 0.219. The summed E-state index contributed by atoms with van der Waals surface area (Å²) in [7, 11) is 0. The molecule has 3 rings (SSSR count). The summed E-state index contributed by atoms with van der Waals surface area (Å²) in [6, 6.07) is 8.73. The highest BCUT2D eigenvalue weighted by molar-refractivity contribution is 7.13. The van der Waals surface area contributed by atoms with Gasteiger partial charge >= 0.3 is 0 Å². The third kappa shape index (κ3) is 1.89. The van der Waals surface area contributed by atoms with E-state index in [4.69, 9.17) is 4.52 Å². The minimum atomic E-state index is 0.219. The zero-order chi connectivity index (χ0) is 12.5. The Morgan fingerprint density at radius 3 is 2.61 bits per heavy atom. The first kappa shape index (κ1) is 11.0. The number of nitrogens with zero attached hydrogens (tertiary/aromatic N) is 2. The van der Waals surface area contributed by atoms with E-state index < -0.39 is 0 Å². The molecule has 2 heterocycles. The van der Waals surface area contributed by atoms with Gasteiger partial charge in [-0.15, -0.1) is 11.3 Å². The molecule has 18 heavy (non-hydrogen) atoms. The van der Waals surface area contributed by atoms with Crippen molar-refractivity contribution in [3.05, 3.63) is 41.3 Å². The molecule has 0 spiro atoms. The zero-order valence-corrected chi connectivity index (χ0v) is 10.4. The summed E-state index contributed by atoms with van der Waals surface area (Å²) in [6.45, 7) is 2.01. The predicted octanol–water partition coefficient (Wildman–Crippen LogP) is 3.48. The van der Waals surface area contributed by atoms with Crippen LogP contribution in [0.15, 0.2) is 40.2 Å². The molecule has 0 bridgehead atoms. The summed E-state index contributed by atoms with van der Waals surface area (Å²) in [5.74, 6) is 1.28. The van der Waals surface area contributed by atoms with E-state index in [0.29, 0.717) is 11.7 Å². The first-order valence-electron chi connectivity index (χ1n) is 5.41. The van der Waals surface area contributed by atoms with E-state index in [1.807, 2.05) is 18.4 Å². The number of thiophene rings is 1. The molecular weight excluding hydrogens is 248 g/mol. The third-order valence-electron chi connectivity index (χ3n) is 2.61. The quantitative estimate of drug-likeness (QED) is 0.764. The van der Waals surface area contributed by atoms with Crippen molar-refractivity contribution in [2.45, 2.75) is 6.92 Å². The standard InChI is InChI=1S/C13H10N2O2S/c1-8-6-7-18-11(8)13-14-12(15-17-13)9-2-4-10(16)5-3-9/h2-7,16H,1H3. The van der Waals surface area contributed by atoms with E-state index in [1.54, 1.807) is 35.6 Å². The molecule has 0 atom stereocenters. The van der Waals surface area contributed by atoms with Gasteiger partial charge in [-0.3, -0.25) is 0 Å². The minimum Gasteiger partial charge on any atom is -0.508 e. The Labute approximate surface area is 108 Å². The first-order valence-corrected chi connectivity index (χ1v) is 6.29. The molecule has 0 amide bonds. The highest BCUT2D eigenvalue weighted by atomic mass is 32.1. The number of aromatic hydroxyl groups is 1. The maximum Gasteiger partial charge on any atom is 0.268 e. The van der Waals surface area contributed by atoms with Gasteiger partial charge in [0.15, 0.2) is 0 Å². The van der Waals surface area contributed by atoms with Gasteiger partial charge in [-0.25, -0.2) is 0 Å². The number of hydrogen-bond acceptors (Lipinski definition) is 5. The second kappa shape index (κ2) is 4.27. The Balaban J connectivity index is 1.99. The van der Waals surface area contributed by atoms with Crippen LogP contribution in [0.4, 0.5) is 0 Å². The molecule has 0 aliphatic rings. The van der Waals surface area contributed by atoms with Crippen molar-refractivity contribution in [1.29, 1.82) is 0 Å². The Morgan fingerprint density at radius 1 is 1.17 bits per heavy atom. The van der Waals surface area contributed by atoms with Gasteiger partial charge in [0.25, 0.3) is 5.89 Å². The summed E-state index contributed by atoms with van der Waals surface area (Å²) in [5.41, 5.74) is 1.94. The van der Waals surface area contributed by atoms with Crippen molar-refractivity contribution < 1.29 is 9.63 Å². The molecule has 0 aliphatic carbocycles. The molecule has 0 radical (unpaired) electrons.